The van der Waals surface area contributed by atoms with Gasteiger partial charge in [-0.25, -0.2) is 4.39 Å². The highest BCUT2D eigenvalue weighted by molar-refractivity contribution is 5.39. The molecule has 2 nitrogen and oxygen atoms in total. The predicted octanol–water partition coefficient (Wildman–Crippen LogP) is 4.21. The zero-order valence-electron chi connectivity index (χ0n) is 12.1. The summed E-state index contributed by atoms with van der Waals surface area (Å²) in [5, 5.41) is 3.34. The highest BCUT2D eigenvalue weighted by Crippen LogP contribution is 2.43. The second-order valence-electron chi connectivity index (χ2n) is 5.47. The number of hydrogen-bond donors (Lipinski definition) is 1. The van der Waals surface area contributed by atoms with Gasteiger partial charge in [0.2, 0.25) is 0 Å². The van der Waals surface area contributed by atoms with Gasteiger partial charge in [0.05, 0.1) is 0 Å². The van der Waals surface area contributed by atoms with E-state index in [9.17, 15) is 4.39 Å². The lowest BCUT2D eigenvalue weighted by molar-refractivity contribution is 0.0172. The van der Waals surface area contributed by atoms with Gasteiger partial charge in [-0.1, -0.05) is 26.3 Å². The average molecular weight is 265 g/mol. The van der Waals surface area contributed by atoms with Crippen LogP contribution in [-0.4, -0.2) is 12.6 Å². The van der Waals surface area contributed by atoms with Crippen molar-refractivity contribution in [2.75, 3.05) is 7.05 Å². The van der Waals surface area contributed by atoms with E-state index in [2.05, 4.69) is 19.2 Å². The summed E-state index contributed by atoms with van der Waals surface area (Å²) < 4.78 is 19.6. The number of benzene rings is 1. The van der Waals surface area contributed by atoms with Crippen LogP contribution in [0.2, 0.25) is 0 Å². The second kappa shape index (κ2) is 5.91. The lowest BCUT2D eigenvalue weighted by atomic mass is 9.82. The molecule has 0 spiro atoms. The van der Waals surface area contributed by atoms with E-state index in [1.54, 1.807) is 0 Å². The van der Waals surface area contributed by atoms with Crippen molar-refractivity contribution >= 4 is 0 Å². The molecular weight excluding hydrogens is 241 g/mol. The number of unbranched alkanes of at least 4 members (excludes halogenated alkanes) is 1. The summed E-state index contributed by atoms with van der Waals surface area (Å²) in [6.07, 6.45) is 5.26. The number of ether oxygens (including phenoxy) is 1. The molecule has 0 fully saturated rings. The zero-order valence-corrected chi connectivity index (χ0v) is 12.1. The minimum Gasteiger partial charge on any atom is -0.487 e. The van der Waals surface area contributed by atoms with Crippen LogP contribution in [0.3, 0.4) is 0 Å². The smallest absolute Gasteiger partial charge is 0.127 e. The van der Waals surface area contributed by atoms with Crippen molar-refractivity contribution in [3.05, 3.63) is 29.6 Å². The summed E-state index contributed by atoms with van der Waals surface area (Å²) >= 11 is 0. The Morgan fingerprint density at radius 3 is 2.84 bits per heavy atom. The molecule has 1 aliphatic rings. The lowest BCUT2D eigenvalue weighted by Crippen LogP contribution is -2.43. The Labute approximate surface area is 115 Å². The van der Waals surface area contributed by atoms with E-state index in [1.165, 1.54) is 12.1 Å². The molecule has 1 aliphatic heterocycles. The van der Waals surface area contributed by atoms with Crippen LogP contribution < -0.4 is 10.1 Å². The van der Waals surface area contributed by atoms with Gasteiger partial charge >= 0.3 is 0 Å². The number of nitrogens with one attached hydrogen (secondary N) is 1. The normalized spacial score (nSPS) is 25.8. The molecule has 0 amide bonds. The van der Waals surface area contributed by atoms with Crippen LogP contribution >= 0.6 is 0 Å². The van der Waals surface area contributed by atoms with Gasteiger partial charge in [0, 0.05) is 24.1 Å². The van der Waals surface area contributed by atoms with Crippen LogP contribution in [0.5, 0.6) is 5.75 Å². The Morgan fingerprint density at radius 2 is 2.21 bits per heavy atom. The Hall–Kier alpha value is -1.09. The van der Waals surface area contributed by atoms with Crippen LogP contribution in [0.4, 0.5) is 4.39 Å². The maximum absolute atomic E-state index is 13.4. The molecular formula is C16H24FNO. The van der Waals surface area contributed by atoms with Gasteiger partial charge in [0.25, 0.3) is 0 Å². The fraction of sp³-hybridized carbons (Fsp3) is 0.625. The lowest BCUT2D eigenvalue weighted by Gasteiger charge is -2.42. The number of halogens is 1. The quantitative estimate of drug-likeness (QED) is 0.861. The molecule has 2 atom stereocenters. The minimum absolute atomic E-state index is 0.148. The summed E-state index contributed by atoms with van der Waals surface area (Å²) in [7, 11) is 1.96. The predicted molar refractivity (Wildman–Crippen MR) is 76.0 cm³/mol. The average Bonchev–Trinajstić information content (AvgIpc) is 2.43. The van der Waals surface area contributed by atoms with E-state index >= 15 is 0 Å². The van der Waals surface area contributed by atoms with E-state index in [4.69, 9.17) is 4.74 Å². The zero-order chi connectivity index (χ0) is 13.9. The molecule has 2 unspecified atom stereocenters. The topological polar surface area (TPSA) is 21.3 Å². The minimum atomic E-state index is -0.226. The Morgan fingerprint density at radius 1 is 1.42 bits per heavy atom. The third-order valence-corrected chi connectivity index (χ3v) is 4.23. The first-order chi connectivity index (χ1) is 9.14. The van der Waals surface area contributed by atoms with Crippen LogP contribution in [0.25, 0.3) is 0 Å². The van der Waals surface area contributed by atoms with Crippen LogP contribution in [0, 0.1) is 5.82 Å². The first kappa shape index (κ1) is 14.3. The van der Waals surface area contributed by atoms with Crippen LogP contribution in [0.1, 0.15) is 57.6 Å². The maximum atomic E-state index is 13.4. The van der Waals surface area contributed by atoms with Crippen molar-refractivity contribution in [3.63, 3.8) is 0 Å². The van der Waals surface area contributed by atoms with Gasteiger partial charge in [0.15, 0.2) is 0 Å². The van der Waals surface area contributed by atoms with E-state index in [-0.39, 0.29) is 17.5 Å². The largest absolute Gasteiger partial charge is 0.487 e. The maximum Gasteiger partial charge on any atom is 0.127 e. The van der Waals surface area contributed by atoms with E-state index in [0.29, 0.717) is 5.75 Å². The second-order valence-corrected chi connectivity index (χ2v) is 5.47. The summed E-state index contributed by atoms with van der Waals surface area (Å²) in [5.41, 5.74) is 0.925. The molecule has 0 aliphatic carbocycles. The van der Waals surface area contributed by atoms with Crippen molar-refractivity contribution in [2.45, 2.75) is 57.6 Å². The van der Waals surface area contributed by atoms with Gasteiger partial charge in [-0.15, -0.1) is 0 Å². The van der Waals surface area contributed by atoms with Crippen molar-refractivity contribution in [3.8, 4) is 5.75 Å². The third kappa shape index (κ3) is 2.92. The van der Waals surface area contributed by atoms with Crippen LogP contribution in [0.15, 0.2) is 18.2 Å². The van der Waals surface area contributed by atoms with Gasteiger partial charge in [-0.3, -0.25) is 0 Å². The van der Waals surface area contributed by atoms with Gasteiger partial charge in [-0.05, 0) is 32.4 Å². The molecule has 2 rings (SSSR count). The first-order valence-electron chi connectivity index (χ1n) is 7.30. The number of hydrogen-bond acceptors (Lipinski definition) is 2. The monoisotopic (exact) mass is 265 g/mol. The highest BCUT2D eigenvalue weighted by atomic mass is 19.1. The molecule has 19 heavy (non-hydrogen) atoms. The Kier molecular flexibility index (Phi) is 4.46. The molecule has 0 aromatic heterocycles. The standard InChI is InChI=1S/C16H24FNO/c1-4-6-9-16(5-2)11-14(18-3)13-8-7-12(17)10-15(13)19-16/h7-8,10,14,18H,4-6,9,11H2,1-3H3. The molecule has 0 bridgehead atoms. The summed E-state index contributed by atoms with van der Waals surface area (Å²) in [4.78, 5) is 0. The highest BCUT2D eigenvalue weighted by Gasteiger charge is 2.38. The van der Waals surface area contributed by atoms with E-state index in [0.717, 1.165) is 37.7 Å². The Bertz CT molecular complexity index is 435. The van der Waals surface area contributed by atoms with E-state index < -0.39 is 0 Å². The van der Waals surface area contributed by atoms with Gasteiger partial charge < -0.3 is 10.1 Å². The number of rotatable bonds is 5. The van der Waals surface area contributed by atoms with Crippen molar-refractivity contribution in [1.29, 1.82) is 0 Å². The fourth-order valence-electron chi connectivity index (χ4n) is 2.94. The molecule has 1 N–H and O–H groups in total. The van der Waals surface area contributed by atoms with E-state index in [1.807, 2.05) is 13.1 Å². The van der Waals surface area contributed by atoms with Gasteiger partial charge in [-0.2, -0.15) is 0 Å². The summed E-state index contributed by atoms with van der Waals surface area (Å²) in [6.45, 7) is 4.35. The molecule has 3 heteroatoms. The molecule has 0 radical (unpaired) electrons. The summed E-state index contributed by atoms with van der Waals surface area (Å²) in [5.74, 6) is 0.486. The van der Waals surface area contributed by atoms with Crippen molar-refractivity contribution in [1.82, 2.24) is 5.32 Å². The van der Waals surface area contributed by atoms with Crippen molar-refractivity contribution < 1.29 is 9.13 Å². The molecule has 1 aromatic carbocycles. The Balaban J connectivity index is 2.32. The molecule has 0 saturated heterocycles. The third-order valence-electron chi connectivity index (χ3n) is 4.23. The molecule has 0 saturated carbocycles. The SMILES string of the molecule is CCCCC1(CC)CC(NC)c2ccc(F)cc2O1. The fourth-order valence-corrected chi connectivity index (χ4v) is 2.94. The van der Waals surface area contributed by atoms with Crippen LogP contribution in [-0.2, 0) is 0 Å². The molecule has 1 heterocycles. The van der Waals surface area contributed by atoms with Crippen molar-refractivity contribution in [2.24, 2.45) is 0 Å². The molecule has 1 aromatic rings. The summed E-state index contributed by atoms with van der Waals surface area (Å²) in [6, 6.07) is 5.12. The first-order valence-corrected chi connectivity index (χ1v) is 7.30. The molecule has 106 valence electrons. The number of fused-ring (bicyclic) bond motifs is 1. The van der Waals surface area contributed by atoms with Gasteiger partial charge in [0.1, 0.15) is 17.2 Å².